The summed E-state index contributed by atoms with van der Waals surface area (Å²) in [4.78, 5) is 3.15. The molecule has 0 fully saturated rings. The van der Waals surface area contributed by atoms with Crippen LogP contribution < -0.4 is 10.5 Å². The van der Waals surface area contributed by atoms with E-state index in [1.165, 1.54) is 25.3 Å². The molecule has 0 atom stereocenters. The molecule has 0 bridgehead atoms. The zero-order chi connectivity index (χ0) is 15.3. The second kappa shape index (κ2) is 6.10. The number of nitrogens with two attached hydrogens (primary N) is 1. The lowest BCUT2D eigenvalue weighted by Crippen LogP contribution is -2.22. The number of ether oxygens (including phenoxy) is 1. The predicted molar refractivity (Wildman–Crippen MR) is 69.3 cm³/mol. The van der Waals surface area contributed by atoms with Crippen LogP contribution in [0.5, 0.6) is 5.75 Å². The van der Waals surface area contributed by atoms with E-state index in [1.807, 2.05) is 6.07 Å². The molecule has 0 heterocycles. The molecule has 20 heavy (non-hydrogen) atoms. The Morgan fingerprint density at radius 1 is 1.45 bits per heavy atom. The van der Waals surface area contributed by atoms with Gasteiger partial charge >= 0.3 is 6.18 Å². The lowest BCUT2D eigenvalue weighted by Gasteiger charge is -2.11. The van der Waals surface area contributed by atoms with Gasteiger partial charge in [-0.25, -0.2) is 0 Å². The van der Waals surface area contributed by atoms with E-state index in [0.717, 1.165) is 7.05 Å². The molecule has 1 rings (SSSR count). The van der Waals surface area contributed by atoms with Crippen molar-refractivity contribution < 1.29 is 17.9 Å². The molecule has 0 amide bonds. The highest BCUT2D eigenvalue weighted by Gasteiger charge is 2.33. The lowest BCUT2D eigenvalue weighted by molar-refractivity contribution is -0.0577. The third-order valence-corrected chi connectivity index (χ3v) is 2.46. The standard InChI is InChI=1S/C13H12F3N3O/c1-19-12(13(14,15)16)6-10(18)9-5-8(7-17)3-4-11(9)20-2/h3-6H,18H2,1-2H3/b10-6-,19-12?. The minimum atomic E-state index is -4.60. The molecule has 0 aliphatic carbocycles. The Bertz CT molecular complexity index is 598. The van der Waals surface area contributed by atoms with Crippen LogP contribution in [-0.4, -0.2) is 26.0 Å². The molecule has 1 aromatic rings. The van der Waals surface area contributed by atoms with Crippen molar-refractivity contribution in [1.82, 2.24) is 0 Å². The first-order valence-corrected chi connectivity index (χ1v) is 5.43. The Kier molecular flexibility index (Phi) is 4.75. The number of nitriles is 1. The van der Waals surface area contributed by atoms with E-state index in [-0.39, 0.29) is 22.6 Å². The number of hydrogen-bond donors (Lipinski definition) is 1. The van der Waals surface area contributed by atoms with Gasteiger partial charge in [0, 0.05) is 18.3 Å². The van der Waals surface area contributed by atoms with Crippen molar-refractivity contribution in [2.75, 3.05) is 14.2 Å². The van der Waals surface area contributed by atoms with Crippen LogP contribution in [0.15, 0.2) is 29.3 Å². The predicted octanol–water partition coefficient (Wildman–Crippen LogP) is 2.50. The number of allylic oxidation sites excluding steroid dienone is 1. The van der Waals surface area contributed by atoms with Crippen LogP contribution in [0.25, 0.3) is 5.70 Å². The minimum Gasteiger partial charge on any atom is -0.496 e. The van der Waals surface area contributed by atoms with Crippen LogP contribution in [0.1, 0.15) is 11.1 Å². The van der Waals surface area contributed by atoms with Gasteiger partial charge in [0.25, 0.3) is 0 Å². The van der Waals surface area contributed by atoms with Gasteiger partial charge in [-0.3, -0.25) is 4.99 Å². The number of methoxy groups -OCH3 is 1. The second-order valence-corrected chi connectivity index (χ2v) is 3.73. The number of rotatable bonds is 3. The number of nitrogens with zero attached hydrogens (tertiary/aromatic N) is 2. The highest BCUT2D eigenvalue weighted by Crippen LogP contribution is 2.26. The third kappa shape index (κ3) is 3.51. The van der Waals surface area contributed by atoms with Crippen molar-refractivity contribution in [3.05, 3.63) is 35.4 Å². The zero-order valence-electron chi connectivity index (χ0n) is 10.8. The quantitative estimate of drug-likeness (QED) is 0.866. The monoisotopic (exact) mass is 283 g/mol. The Labute approximate surface area is 114 Å². The molecule has 0 unspecified atom stereocenters. The molecule has 0 radical (unpaired) electrons. The fourth-order valence-corrected chi connectivity index (χ4v) is 1.50. The molecule has 0 saturated heterocycles. The Morgan fingerprint density at radius 2 is 2.10 bits per heavy atom. The van der Waals surface area contributed by atoms with Crippen molar-refractivity contribution in [1.29, 1.82) is 5.26 Å². The van der Waals surface area contributed by atoms with E-state index in [0.29, 0.717) is 6.08 Å². The van der Waals surface area contributed by atoms with Gasteiger partial charge in [0.05, 0.1) is 18.7 Å². The van der Waals surface area contributed by atoms with Gasteiger partial charge < -0.3 is 10.5 Å². The summed E-state index contributed by atoms with van der Waals surface area (Å²) in [6.07, 6.45) is -3.89. The molecule has 1 aromatic carbocycles. The van der Waals surface area contributed by atoms with Crippen LogP contribution in [-0.2, 0) is 0 Å². The van der Waals surface area contributed by atoms with E-state index < -0.39 is 11.9 Å². The third-order valence-electron chi connectivity index (χ3n) is 2.46. The topological polar surface area (TPSA) is 71.4 Å². The largest absolute Gasteiger partial charge is 0.496 e. The average molecular weight is 283 g/mol. The van der Waals surface area contributed by atoms with Crippen molar-refractivity contribution in [3.8, 4) is 11.8 Å². The van der Waals surface area contributed by atoms with Gasteiger partial charge in [0.15, 0.2) is 0 Å². The van der Waals surface area contributed by atoms with E-state index >= 15 is 0 Å². The van der Waals surface area contributed by atoms with Crippen LogP contribution in [0.4, 0.5) is 13.2 Å². The number of benzene rings is 1. The van der Waals surface area contributed by atoms with Gasteiger partial charge in [-0.1, -0.05) is 0 Å². The number of alkyl halides is 3. The summed E-state index contributed by atoms with van der Waals surface area (Å²) in [5.74, 6) is 0.273. The second-order valence-electron chi connectivity index (χ2n) is 3.73. The van der Waals surface area contributed by atoms with Crippen molar-refractivity contribution in [3.63, 3.8) is 0 Å². The lowest BCUT2D eigenvalue weighted by atomic mass is 10.1. The summed E-state index contributed by atoms with van der Waals surface area (Å²) >= 11 is 0. The van der Waals surface area contributed by atoms with Gasteiger partial charge in [-0.15, -0.1) is 0 Å². The molecule has 0 aliphatic rings. The number of halogens is 3. The van der Waals surface area contributed by atoms with Crippen molar-refractivity contribution >= 4 is 11.4 Å². The molecular weight excluding hydrogens is 271 g/mol. The Balaban J connectivity index is 3.33. The maximum absolute atomic E-state index is 12.6. The fourth-order valence-electron chi connectivity index (χ4n) is 1.50. The minimum absolute atomic E-state index is 0.183. The summed E-state index contributed by atoms with van der Waals surface area (Å²) in [5.41, 5.74) is 4.83. The maximum atomic E-state index is 12.6. The Hall–Kier alpha value is -2.49. The van der Waals surface area contributed by atoms with E-state index in [9.17, 15) is 13.2 Å². The molecule has 4 nitrogen and oxygen atoms in total. The van der Waals surface area contributed by atoms with Crippen molar-refractivity contribution in [2.45, 2.75) is 6.18 Å². The summed E-state index contributed by atoms with van der Waals surface area (Å²) in [6, 6.07) is 6.18. The number of aliphatic imine (C=N–C) groups is 1. The zero-order valence-corrected chi connectivity index (χ0v) is 10.8. The van der Waals surface area contributed by atoms with Crippen LogP contribution in [0, 0.1) is 11.3 Å². The van der Waals surface area contributed by atoms with E-state index in [1.54, 1.807) is 0 Å². The summed E-state index contributed by atoms with van der Waals surface area (Å²) in [6.45, 7) is 0. The van der Waals surface area contributed by atoms with Crippen LogP contribution in [0.2, 0.25) is 0 Å². The van der Waals surface area contributed by atoms with E-state index in [2.05, 4.69) is 4.99 Å². The first-order chi connectivity index (χ1) is 9.33. The first kappa shape index (κ1) is 15.6. The highest BCUT2D eigenvalue weighted by atomic mass is 19.4. The normalized spacial score (nSPS) is 13.0. The number of hydrogen-bond acceptors (Lipinski definition) is 4. The Morgan fingerprint density at radius 3 is 2.55 bits per heavy atom. The summed E-state index contributed by atoms with van der Waals surface area (Å²) < 4.78 is 42.8. The SMILES string of the molecule is CN=C(/C=C(\N)c1cc(C#N)ccc1OC)C(F)(F)F. The average Bonchev–Trinajstić information content (AvgIpc) is 2.42. The van der Waals surface area contributed by atoms with Gasteiger partial charge in [0.2, 0.25) is 0 Å². The van der Waals surface area contributed by atoms with Gasteiger partial charge in [0.1, 0.15) is 11.5 Å². The molecular formula is C13H12F3N3O. The fraction of sp³-hybridized carbons (Fsp3) is 0.231. The summed E-state index contributed by atoms with van der Waals surface area (Å²) in [7, 11) is 2.38. The molecule has 0 saturated carbocycles. The molecule has 7 heteroatoms. The van der Waals surface area contributed by atoms with E-state index in [4.69, 9.17) is 15.7 Å². The molecule has 0 spiro atoms. The highest BCUT2D eigenvalue weighted by molar-refractivity contribution is 6.04. The molecule has 0 aromatic heterocycles. The van der Waals surface area contributed by atoms with Gasteiger partial charge in [-0.2, -0.15) is 18.4 Å². The molecule has 2 N–H and O–H groups in total. The van der Waals surface area contributed by atoms with Crippen molar-refractivity contribution in [2.24, 2.45) is 10.7 Å². The summed E-state index contributed by atoms with van der Waals surface area (Å²) in [5, 5.41) is 8.81. The van der Waals surface area contributed by atoms with Gasteiger partial charge in [-0.05, 0) is 24.3 Å². The smallest absolute Gasteiger partial charge is 0.432 e. The first-order valence-electron chi connectivity index (χ1n) is 5.43. The maximum Gasteiger partial charge on any atom is 0.432 e. The molecule has 106 valence electrons. The van der Waals surface area contributed by atoms with Crippen LogP contribution in [0.3, 0.4) is 0 Å². The molecule has 0 aliphatic heterocycles. The van der Waals surface area contributed by atoms with Crippen LogP contribution >= 0.6 is 0 Å².